The highest BCUT2D eigenvalue weighted by Crippen LogP contribution is 2.18. The number of nitrogens with one attached hydrogen (secondary N) is 1. The number of halogens is 1. The lowest BCUT2D eigenvalue weighted by Crippen LogP contribution is -2.14. The Hall–Kier alpha value is -1.76. The molecule has 0 unspecified atom stereocenters. The van der Waals surface area contributed by atoms with Crippen LogP contribution in [-0.2, 0) is 10.2 Å². The van der Waals surface area contributed by atoms with Crippen molar-refractivity contribution >= 4 is 21.1 Å². The van der Waals surface area contributed by atoms with Gasteiger partial charge in [0.15, 0.2) is 0 Å². The van der Waals surface area contributed by atoms with Gasteiger partial charge in [-0.3, -0.25) is 0 Å². The van der Waals surface area contributed by atoms with Crippen molar-refractivity contribution < 1.29 is 12.3 Å². The second-order valence-corrected chi connectivity index (χ2v) is 4.09. The molecular weight excluding hydrogens is 223 g/mol. The van der Waals surface area contributed by atoms with Crippen LogP contribution in [-0.4, -0.2) is 18.4 Å². The lowest BCUT2D eigenvalue weighted by atomic mass is 10.2. The summed E-state index contributed by atoms with van der Waals surface area (Å²) in [6, 6.07) is 5.95. The summed E-state index contributed by atoms with van der Waals surface area (Å²) in [5.74, 6) is 0. The summed E-state index contributed by atoms with van der Waals surface area (Å²) in [7, 11) is -4.98. The van der Waals surface area contributed by atoms with Crippen molar-refractivity contribution in [2.24, 2.45) is 0 Å². The molecule has 0 radical (unpaired) electrons. The second kappa shape index (κ2) is 3.13. The first-order valence-corrected chi connectivity index (χ1v) is 5.30. The molecule has 2 aromatic rings. The highest BCUT2D eigenvalue weighted by molar-refractivity contribution is 7.86. The van der Waals surface area contributed by atoms with Gasteiger partial charge in [0.2, 0.25) is 5.03 Å². The van der Waals surface area contributed by atoms with E-state index in [2.05, 4.69) is 9.97 Å². The molecule has 2 rings (SSSR count). The summed E-state index contributed by atoms with van der Waals surface area (Å²) in [5, 5.41) is -0.790. The van der Waals surface area contributed by atoms with Crippen molar-refractivity contribution in [2.75, 3.05) is 0 Å². The minimum Gasteiger partial charge on any atom is -0.305 e. The number of benzene rings is 1. The van der Waals surface area contributed by atoms with Crippen LogP contribution in [0.1, 0.15) is 0 Å². The van der Waals surface area contributed by atoms with Gasteiger partial charge in [0.05, 0.1) is 5.52 Å². The van der Waals surface area contributed by atoms with Crippen molar-refractivity contribution in [1.29, 1.82) is 0 Å². The van der Waals surface area contributed by atoms with Gasteiger partial charge in [0.1, 0.15) is 0 Å². The van der Waals surface area contributed by atoms with E-state index in [0.29, 0.717) is 0 Å². The van der Waals surface area contributed by atoms with Crippen LogP contribution in [0.3, 0.4) is 0 Å². The molecule has 0 spiro atoms. The number of hydrogen-bond acceptors (Lipinski definition) is 4. The zero-order chi connectivity index (χ0) is 11.1. The lowest BCUT2D eigenvalue weighted by Gasteiger charge is -1.99. The summed E-state index contributed by atoms with van der Waals surface area (Å²) in [5.41, 5.74) is -0.668. The first-order valence-electron chi connectivity index (χ1n) is 3.92. The maximum Gasteiger partial charge on any atom is 0.350 e. The third kappa shape index (κ3) is 1.73. The lowest BCUT2D eigenvalue weighted by molar-refractivity contribution is 0.548. The molecule has 0 atom stereocenters. The Morgan fingerprint density at radius 2 is 1.93 bits per heavy atom. The fourth-order valence-electron chi connectivity index (χ4n) is 1.26. The number of para-hydroxylation sites is 1. The summed E-state index contributed by atoms with van der Waals surface area (Å²) in [6.45, 7) is 0. The van der Waals surface area contributed by atoms with E-state index in [4.69, 9.17) is 0 Å². The standard InChI is InChI=1S/C8H5FN2O3S/c9-15(13,14)7-5-3-1-2-4-6(5)10-8(12)11-7/h1-4H,(H,10,11,12). The van der Waals surface area contributed by atoms with Crippen LogP contribution in [0.2, 0.25) is 0 Å². The van der Waals surface area contributed by atoms with Crippen LogP contribution >= 0.6 is 0 Å². The molecule has 1 heterocycles. The van der Waals surface area contributed by atoms with E-state index in [-0.39, 0.29) is 10.9 Å². The number of nitrogens with zero attached hydrogens (tertiary/aromatic N) is 1. The van der Waals surface area contributed by atoms with Gasteiger partial charge in [-0.1, -0.05) is 16.0 Å². The number of fused-ring (bicyclic) bond motifs is 1. The molecule has 78 valence electrons. The Bertz CT molecular complexity index is 678. The predicted octanol–water partition coefficient (Wildman–Crippen LogP) is 0.581. The fourth-order valence-corrected chi connectivity index (χ4v) is 1.89. The number of H-pyrrole nitrogens is 1. The molecule has 15 heavy (non-hydrogen) atoms. The third-order valence-corrected chi connectivity index (χ3v) is 2.61. The summed E-state index contributed by atoms with van der Waals surface area (Å²) in [6.07, 6.45) is 0. The van der Waals surface area contributed by atoms with Crippen molar-refractivity contribution in [3.8, 4) is 0 Å². The van der Waals surface area contributed by atoms with Crippen molar-refractivity contribution in [1.82, 2.24) is 9.97 Å². The van der Waals surface area contributed by atoms with Crippen molar-refractivity contribution in [3.63, 3.8) is 0 Å². The summed E-state index contributed by atoms with van der Waals surface area (Å²) < 4.78 is 34.2. The van der Waals surface area contributed by atoms with Crippen LogP contribution in [0.25, 0.3) is 10.9 Å². The molecule has 0 aliphatic heterocycles. The SMILES string of the molecule is O=c1nc(S(=O)(=O)F)c2ccccc2[nH]1. The normalized spacial score (nSPS) is 11.8. The van der Waals surface area contributed by atoms with Crippen LogP contribution in [0, 0.1) is 0 Å². The Labute approximate surface area is 83.8 Å². The van der Waals surface area contributed by atoms with Gasteiger partial charge in [-0.05, 0) is 12.1 Å². The molecule has 0 saturated heterocycles. The number of aromatic nitrogens is 2. The predicted molar refractivity (Wildman–Crippen MR) is 50.7 cm³/mol. The summed E-state index contributed by atoms with van der Waals surface area (Å²) in [4.78, 5) is 16.4. The Morgan fingerprint density at radius 3 is 2.60 bits per heavy atom. The smallest absolute Gasteiger partial charge is 0.305 e. The van der Waals surface area contributed by atoms with Gasteiger partial charge in [-0.15, -0.1) is 0 Å². The highest BCUT2D eigenvalue weighted by atomic mass is 32.3. The van der Waals surface area contributed by atoms with Crippen LogP contribution in [0.4, 0.5) is 3.89 Å². The van der Waals surface area contributed by atoms with Gasteiger partial charge in [0.25, 0.3) is 0 Å². The minimum atomic E-state index is -4.98. The van der Waals surface area contributed by atoms with Crippen LogP contribution in [0.15, 0.2) is 34.1 Å². The average molecular weight is 228 g/mol. The van der Waals surface area contributed by atoms with Crippen molar-refractivity contribution in [2.45, 2.75) is 5.03 Å². The average Bonchev–Trinajstić information content (AvgIpc) is 2.15. The maximum absolute atomic E-state index is 12.8. The molecule has 7 heteroatoms. The van der Waals surface area contributed by atoms with E-state index in [1.807, 2.05) is 0 Å². The van der Waals surface area contributed by atoms with Gasteiger partial charge < -0.3 is 4.98 Å². The molecule has 0 bridgehead atoms. The largest absolute Gasteiger partial charge is 0.350 e. The van der Waals surface area contributed by atoms with E-state index in [9.17, 15) is 17.1 Å². The summed E-state index contributed by atoms with van der Waals surface area (Å²) >= 11 is 0. The quantitative estimate of drug-likeness (QED) is 0.572. The Morgan fingerprint density at radius 1 is 1.27 bits per heavy atom. The zero-order valence-electron chi connectivity index (χ0n) is 7.27. The van der Waals surface area contributed by atoms with Crippen molar-refractivity contribution in [3.05, 3.63) is 34.7 Å². The molecule has 0 saturated carbocycles. The van der Waals surface area contributed by atoms with Crippen LogP contribution in [0.5, 0.6) is 0 Å². The first kappa shape index (κ1) is 9.78. The Balaban J connectivity index is 3.02. The highest BCUT2D eigenvalue weighted by Gasteiger charge is 2.18. The monoisotopic (exact) mass is 228 g/mol. The molecule has 1 aromatic carbocycles. The zero-order valence-corrected chi connectivity index (χ0v) is 8.08. The fraction of sp³-hybridized carbons (Fsp3) is 0. The minimum absolute atomic E-state index is 0.0552. The van der Waals surface area contributed by atoms with Gasteiger partial charge in [-0.2, -0.15) is 13.4 Å². The van der Waals surface area contributed by atoms with Crippen LogP contribution < -0.4 is 5.69 Å². The van der Waals surface area contributed by atoms with E-state index in [1.54, 1.807) is 6.07 Å². The Kier molecular flexibility index (Phi) is 2.04. The molecule has 0 aliphatic carbocycles. The van der Waals surface area contributed by atoms with Gasteiger partial charge >= 0.3 is 15.9 Å². The van der Waals surface area contributed by atoms with Gasteiger partial charge in [-0.25, -0.2) is 4.79 Å². The first-order chi connectivity index (χ1) is 6.98. The molecule has 5 nitrogen and oxygen atoms in total. The molecule has 1 N–H and O–H groups in total. The second-order valence-electron chi connectivity index (χ2n) is 2.83. The number of rotatable bonds is 1. The topological polar surface area (TPSA) is 79.9 Å². The van der Waals surface area contributed by atoms with E-state index < -0.39 is 20.9 Å². The molecule has 0 fully saturated rings. The number of hydrogen-bond donors (Lipinski definition) is 1. The van der Waals surface area contributed by atoms with E-state index >= 15 is 0 Å². The molecule has 0 amide bonds. The maximum atomic E-state index is 12.8. The molecule has 1 aromatic heterocycles. The molecular formula is C8H5FN2O3S. The molecule has 0 aliphatic rings. The number of aromatic amines is 1. The third-order valence-electron chi connectivity index (χ3n) is 1.83. The van der Waals surface area contributed by atoms with Gasteiger partial charge in [0, 0.05) is 5.39 Å². The van der Waals surface area contributed by atoms with E-state index in [1.165, 1.54) is 18.2 Å². The van der Waals surface area contributed by atoms with E-state index in [0.717, 1.165) is 0 Å².